The average molecular weight is 406 g/mol. The van der Waals surface area contributed by atoms with E-state index in [2.05, 4.69) is 40.3 Å². The molecule has 1 fully saturated rings. The molecule has 0 unspecified atom stereocenters. The van der Waals surface area contributed by atoms with Gasteiger partial charge in [0.25, 0.3) is 0 Å². The van der Waals surface area contributed by atoms with Crippen molar-refractivity contribution in [3.05, 3.63) is 60.4 Å². The van der Waals surface area contributed by atoms with E-state index in [0.717, 1.165) is 30.2 Å². The molecule has 0 aliphatic carbocycles. The molecule has 1 N–H and O–H groups in total. The number of pyridine rings is 1. The summed E-state index contributed by atoms with van der Waals surface area (Å²) in [4.78, 5) is 23.3. The summed E-state index contributed by atoms with van der Waals surface area (Å²) in [6.45, 7) is 3.26. The lowest BCUT2D eigenvalue weighted by Gasteiger charge is -2.28. The highest BCUT2D eigenvalue weighted by molar-refractivity contribution is 5.79. The van der Waals surface area contributed by atoms with Gasteiger partial charge in [-0.15, -0.1) is 0 Å². The number of hydrogen-bond donors (Lipinski definition) is 1. The summed E-state index contributed by atoms with van der Waals surface area (Å²) in [7, 11) is 0. The first kappa shape index (κ1) is 19.6. The van der Waals surface area contributed by atoms with Crippen LogP contribution in [0, 0.1) is 0 Å². The fraction of sp³-hybridized carbons (Fsp3) is 0.300. The molecule has 0 aromatic carbocycles. The number of hydrazone groups is 1. The standard InChI is InChI=1S/C20H22N8O2/c1-2-5-23-17(3-1)4-8-30-20-25-18(27-24-14-16-12-21-15-22-13-16)11-19(26-20)28-6-9-29-10-7-28/h1-3,5,11-15H,4,6-10H2,(H,25,26,27). The number of ether oxygens (including phenoxy) is 2. The van der Waals surface area contributed by atoms with Gasteiger partial charge in [-0.1, -0.05) is 6.07 Å². The van der Waals surface area contributed by atoms with Crippen molar-refractivity contribution >= 4 is 17.9 Å². The van der Waals surface area contributed by atoms with E-state index in [9.17, 15) is 0 Å². The zero-order valence-electron chi connectivity index (χ0n) is 16.4. The maximum absolute atomic E-state index is 5.81. The van der Waals surface area contributed by atoms with E-state index in [1.54, 1.807) is 24.8 Å². The molecule has 4 rings (SSSR count). The second-order valence-corrected chi connectivity index (χ2v) is 6.45. The van der Waals surface area contributed by atoms with E-state index in [1.807, 2.05) is 24.3 Å². The predicted octanol–water partition coefficient (Wildman–Crippen LogP) is 1.57. The second kappa shape index (κ2) is 10.2. The van der Waals surface area contributed by atoms with Gasteiger partial charge in [-0.05, 0) is 12.1 Å². The highest BCUT2D eigenvalue weighted by atomic mass is 16.5. The summed E-state index contributed by atoms with van der Waals surface area (Å²) in [6, 6.07) is 7.93. The van der Waals surface area contributed by atoms with Crippen LogP contribution in [0.15, 0.2) is 54.3 Å². The maximum atomic E-state index is 5.81. The molecular weight excluding hydrogens is 384 g/mol. The van der Waals surface area contributed by atoms with Crippen molar-refractivity contribution < 1.29 is 9.47 Å². The van der Waals surface area contributed by atoms with E-state index >= 15 is 0 Å². The van der Waals surface area contributed by atoms with Crippen LogP contribution in [0.4, 0.5) is 11.6 Å². The third-order valence-corrected chi connectivity index (χ3v) is 4.32. The van der Waals surface area contributed by atoms with Gasteiger partial charge in [0.05, 0.1) is 26.0 Å². The van der Waals surface area contributed by atoms with Crippen molar-refractivity contribution in [2.75, 3.05) is 43.2 Å². The minimum Gasteiger partial charge on any atom is -0.463 e. The van der Waals surface area contributed by atoms with Gasteiger partial charge in [0.1, 0.15) is 12.1 Å². The van der Waals surface area contributed by atoms with Crippen LogP contribution in [-0.4, -0.2) is 64.0 Å². The van der Waals surface area contributed by atoms with Crippen LogP contribution in [0.5, 0.6) is 6.01 Å². The number of nitrogens with zero attached hydrogens (tertiary/aromatic N) is 7. The molecule has 0 spiro atoms. The minimum absolute atomic E-state index is 0.288. The summed E-state index contributed by atoms with van der Waals surface area (Å²) < 4.78 is 11.2. The van der Waals surface area contributed by atoms with Crippen molar-refractivity contribution in [1.29, 1.82) is 0 Å². The van der Waals surface area contributed by atoms with E-state index in [4.69, 9.17) is 9.47 Å². The van der Waals surface area contributed by atoms with Crippen LogP contribution in [0.1, 0.15) is 11.3 Å². The largest absolute Gasteiger partial charge is 0.463 e. The molecule has 1 aliphatic rings. The summed E-state index contributed by atoms with van der Waals surface area (Å²) in [6.07, 6.45) is 8.87. The Hall–Kier alpha value is -3.66. The van der Waals surface area contributed by atoms with Gasteiger partial charge in [-0.25, -0.2) is 9.97 Å². The van der Waals surface area contributed by atoms with E-state index in [1.165, 1.54) is 6.33 Å². The fourth-order valence-corrected chi connectivity index (χ4v) is 2.83. The lowest BCUT2D eigenvalue weighted by Crippen LogP contribution is -2.36. The maximum Gasteiger partial charge on any atom is 0.320 e. The summed E-state index contributed by atoms with van der Waals surface area (Å²) in [5, 5.41) is 4.21. The van der Waals surface area contributed by atoms with Gasteiger partial charge in [-0.2, -0.15) is 15.1 Å². The van der Waals surface area contributed by atoms with Crippen LogP contribution in [0.2, 0.25) is 0 Å². The molecule has 0 atom stereocenters. The van der Waals surface area contributed by atoms with Crippen LogP contribution < -0.4 is 15.1 Å². The molecule has 0 amide bonds. The van der Waals surface area contributed by atoms with E-state index in [0.29, 0.717) is 32.1 Å². The lowest BCUT2D eigenvalue weighted by molar-refractivity contribution is 0.122. The Morgan fingerprint density at radius 3 is 2.83 bits per heavy atom. The summed E-state index contributed by atoms with van der Waals surface area (Å²) in [5.41, 5.74) is 4.66. The Kier molecular flexibility index (Phi) is 6.69. The molecule has 1 saturated heterocycles. The molecule has 3 aromatic rings. The molecule has 4 heterocycles. The van der Waals surface area contributed by atoms with Crippen molar-refractivity contribution in [1.82, 2.24) is 24.9 Å². The molecule has 0 bridgehead atoms. The Morgan fingerprint density at radius 2 is 2.03 bits per heavy atom. The average Bonchev–Trinajstić information content (AvgIpc) is 2.81. The highest BCUT2D eigenvalue weighted by Crippen LogP contribution is 2.20. The van der Waals surface area contributed by atoms with Crippen molar-refractivity contribution in [2.45, 2.75) is 6.42 Å². The Balaban J connectivity index is 1.46. The number of morpholine rings is 1. The van der Waals surface area contributed by atoms with Gasteiger partial charge < -0.3 is 14.4 Å². The van der Waals surface area contributed by atoms with Gasteiger partial charge in [0, 0.05) is 55.4 Å². The zero-order chi connectivity index (χ0) is 20.4. The predicted molar refractivity (Wildman–Crippen MR) is 112 cm³/mol. The smallest absolute Gasteiger partial charge is 0.320 e. The molecule has 10 heteroatoms. The minimum atomic E-state index is 0.288. The van der Waals surface area contributed by atoms with Crippen molar-refractivity contribution in [2.24, 2.45) is 5.10 Å². The van der Waals surface area contributed by atoms with Gasteiger partial charge >= 0.3 is 6.01 Å². The van der Waals surface area contributed by atoms with Gasteiger partial charge in [-0.3, -0.25) is 10.4 Å². The number of anilines is 2. The van der Waals surface area contributed by atoms with Crippen LogP contribution in [-0.2, 0) is 11.2 Å². The third-order valence-electron chi connectivity index (χ3n) is 4.32. The van der Waals surface area contributed by atoms with Crippen molar-refractivity contribution in [3.63, 3.8) is 0 Å². The number of hydrogen-bond acceptors (Lipinski definition) is 10. The third kappa shape index (κ3) is 5.67. The number of aromatic nitrogens is 5. The fourth-order valence-electron chi connectivity index (χ4n) is 2.83. The first-order valence-electron chi connectivity index (χ1n) is 9.65. The topological polar surface area (TPSA) is 111 Å². The van der Waals surface area contributed by atoms with E-state index in [-0.39, 0.29) is 6.01 Å². The summed E-state index contributed by atoms with van der Waals surface area (Å²) in [5.74, 6) is 1.30. The number of nitrogens with one attached hydrogen (secondary N) is 1. The molecule has 1 aliphatic heterocycles. The second-order valence-electron chi connectivity index (χ2n) is 6.45. The molecule has 0 radical (unpaired) electrons. The highest BCUT2D eigenvalue weighted by Gasteiger charge is 2.15. The first-order chi connectivity index (χ1) is 14.9. The molecule has 0 saturated carbocycles. The lowest BCUT2D eigenvalue weighted by atomic mass is 10.3. The number of rotatable bonds is 8. The molecule has 154 valence electrons. The van der Waals surface area contributed by atoms with Crippen LogP contribution in [0.3, 0.4) is 0 Å². The summed E-state index contributed by atoms with van der Waals surface area (Å²) >= 11 is 0. The van der Waals surface area contributed by atoms with Crippen LogP contribution in [0.25, 0.3) is 0 Å². The molecule has 30 heavy (non-hydrogen) atoms. The van der Waals surface area contributed by atoms with Gasteiger partial charge in [0.2, 0.25) is 0 Å². The van der Waals surface area contributed by atoms with Gasteiger partial charge in [0.15, 0.2) is 5.82 Å². The Labute approximate surface area is 174 Å². The van der Waals surface area contributed by atoms with Crippen molar-refractivity contribution in [3.8, 4) is 6.01 Å². The quantitative estimate of drug-likeness (QED) is 0.440. The molecule has 10 nitrogen and oxygen atoms in total. The monoisotopic (exact) mass is 406 g/mol. The molecule has 3 aromatic heterocycles. The Morgan fingerprint density at radius 1 is 1.17 bits per heavy atom. The first-order valence-corrected chi connectivity index (χ1v) is 9.65. The zero-order valence-corrected chi connectivity index (χ0v) is 16.4. The SMILES string of the molecule is C(=NNc1cc(N2CCOCC2)nc(OCCc2ccccn2)n1)c1cncnc1. The normalized spacial score (nSPS) is 14.1. The van der Waals surface area contributed by atoms with E-state index < -0.39 is 0 Å². The Bertz CT molecular complexity index is 950. The molecular formula is C20H22N8O2. The van der Waals surface area contributed by atoms with Crippen LogP contribution >= 0.6 is 0 Å².